The van der Waals surface area contributed by atoms with Crippen molar-refractivity contribution in [3.63, 3.8) is 0 Å². The molecule has 18 heavy (non-hydrogen) atoms. The molecule has 1 fully saturated rings. The minimum atomic E-state index is -0.277. The number of hydrogen-bond acceptors (Lipinski definition) is 2. The lowest BCUT2D eigenvalue weighted by molar-refractivity contribution is -0.135. The molecule has 0 aromatic heterocycles. The Morgan fingerprint density at radius 1 is 1.22 bits per heavy atom. The van der Waals surface area contributed by atoms with E-state index in [2.05, 4.69) is 20.8 Å². The number of rotatable bonds is 6. The Morgan fingerprint density at radius 3 is 2.22 bits per heavy atom. The number of nitrogens with zero attached hydrogens (tertiary/aromatic N) is 1. The minimum absolute atomic E-state index is 0.171. The molecular weight excluding hydrogens is 224 g/mol. The maximum absolute atomic E-state index is 12.2. The van der Waals surface area contributed by atoms with Gasteiger partial charge in [0, 0.05) is 13.1 Å². The number of carbonyl (C=O) groups is 1. The van der Waals surface area contributed by atoms with Crippen LogP contribution in [0.3, 0.4) is 0 Å². The van der Waals surface area contributed by atoms with Crippen LogP contribution >= 0.6 is 0 Å². The highest BCUT2D eigenvalue weighted by Gasteiger charge is 2.33. The van der Waals surface area contributed by atoms with Crippen molar-refractivity contribution >= 4 is 5.91 Å². The van der Waals surface area contributed by atoms with Crippen molar-refractivity contribution in [3.05, 3.63) is 0 Å². The van der Waals surface area contributed by atoms with Crippen LogP contribution in [-0.4, -0.2) is 29.9 Å². The Kier molecular flexibility index (Phi) is 6.13. The third kappa shape index (κ3) is 3.71. The molecular formula is C15H30N2O. The summed E-state index contributed by atoms with van der Waals surface area (Å²) >= 11 is 0. The van der Waals surface area contributed by atoms with E-state index in [9.17, 15) is 4.79 Å². The lowest BCUT2D eigenvalue weighted by atomic mass is 9.74. The largest absolute Gasteiger partial charge is 0.341 e. The number of amides is 1. The van der Waals surface area contributed by atoms with E-state index in [4.69, 9.17) is 5.73 Å². The van der Waals surface area contributed by atoms with E-state index in [1.54, 1.807) is 0 Å². The summed E-state index contributed by atoms with van der Waals surface area (Å²) in [5.74, 6) is 0.171. The van der Waals surface area contributed by atoms with Gasteiger partial charge in [0.2, 0.25) is 5.91 Å². The van der Waals surface area contributed by atoms with E-state index in [0.29, 0.717) is 5.41 Å². The van der Waals surface area contributed by atoms with Gasteiger partial charge in [-0.05, 0) is 24.7 Å². The molecule has 2 N–H and O–H groups in total. The number of likely N-dealkylation sites (tertiary alicyclic amines) is 1. The zero-order chi connectivity index (χ0) is 13.6. The van der Waals surface area contributed by atoms with Crippen LogP contribution in [0.2, 0.25) is 0 Å². The van der Waals surface area contributed by atoms with Crippen LogP contribution in [0.5, 0.6) is 0 Å². The summed E-state index contributed by atoms with van der Waals surface area (Å²) in [5.41, 5.74) is 6.45. The van der Waals surface area contributed by atoms with E-state index >= 15 is 0 Å². The molecule has 0 bridgehead atoms. The fraction of sp³-hybridized carbons (Fsp3) is 0.933. The smallest absolute Gasteiger partial charge is 0.239 e. The van der Waals surface area contributed by atoms with Crippen molar-refractivity contribution in [1.29, 1.82) is 0 Å². The third-order valence-corrected chi connectivity index (χ3v) is 4.82. The Morgan fingerprint density at radius 2 is 1.78 bits per heavy atom. The molecule has 1 aliphatic heterocycles. The molecule has 1 atom stereocenters. The van der Waals surface area contributed by atoms with Gasteiger partial charge in [-0.3, -0.25) is 4.79 Å². The molecule has 0 aromatic carbocycles. The van der Waals surface area contributed by atoms with Crippen molar-refractivity contribution in [2.45, 2.75) is 71.8 Å². The Labute approximate surface area is 112 Å². The highest BCUT2D eigenvalue weighted by Crippen LogP contribution is 2.37. The van der Waals surface area contributed by atoms with Gasteiger partial charge in [0.25, 0.3) is 0 Å². The molecule has 1 amide bonds. The lowest BCUT2D eigenvalue weighted by Gasteiger charge is -2.41. The molecule has 1 heterocycles. The monoisotopic (exact) mass is 254 g/mol. The summed E-state index contributed by atoms with van der Waals surface area (Å²) in [6, 6.07) is -0.277. The first-order valence-corrected chi connectivity index (χ1v) is 7.63. The van der Waals surface area contributed by atoms with Gasteiger partial charge >= 0.3 is 0 Å². The average Bonchev–Trinajstić information content (AvgIpc) is 2.44. The van der Waals surface area contributed by atoms with Crippen molar-refractivity contribution in [1.82, 2.24) is 4.90 Å². The number of hydrogen-bond donors (Lipinski definition) is 1. The van der Waals surface area contributed by atoms with Crippen molar-refractivity contribution in [2.24, 2.45) is 11.1 Å². The SMILES string of the molecule is CCCC[C@H](N)C(=O)N1CCC(CC)(CC)CC1. The summed E-state index contributed by atoms with van der Waals surface area (Å²) in [5, 5.41) is 0. The first-order valence-electron chi connectivity index (χ1n) is 7.63. The molecule has 1 saturated heterocycles. The zero-order valence-corrected chi connectivity index (χ0v) is 12.4. The third-order valence-electron chi connectivity index (χ3n) is 4.82. The van der Waals surface area contributed by atoms with E-state index in [-0.39, 0.29) is 11.9 Å². The summed E-state index contributed by atoms with van der Waals surface area (Å²) in [4.78, 5) is 14.2. The molecule has 0 spiro atoms. The van der Waals surface area contributed by atoms with Gasteiger partial charge < -0.3 is 10.6 Å². The van der Waals surface area contributed by atoms with E-state index in [1.807, 2.05) is 4.90 Å². The van der Waals surface area contributed by atoms with Gasteiger partial charge in [0.15, 0.2) is 0 Å². The Bertz CT molecular complexity index is 251. The van der Waals surface area contributed by atoms with Crippen LogP contribution in [0.15, 0.2) is 0 Å². The summed E-state index contributed by atoms with van der Waals surface area (Å²) in [6.07, 6.45) is 7.74. The van der Waals surface area contributed by atoms with E-state index in [1.165, 1.54) is 12.8 Å². The molecule has 3 heteroatoms. The van der Waals surface area contributed by atoms with Gasteiger partial charge in [0.1, 0.15) is 0 Å². The standard InChI is InChI=1S/C15H30N2O/c1-4-7-8-13(16)14(18)17-11-9-15(5-2,6-3)10-12-17/h13H,4-12,16H2,1-3H3/t13-/m0/s1. The summed E-state index contributed by atoms with van der Waals surface area (Å²) in [6.45, 7) is 8.48. The van der Waals surface area contributed by atoms with Gasteiger partial charge in [-0.25, -0.2) is 0 Å². The fourth-order valence-electron chi connectivity index (χ4n) is 2.94. The van der Waals surface area contributed by atoms with Gasteiger partial charge in [0.05, 0.1) is 6.04 Å². The maximum Gasteiger partial charge on any atom is 0.239 e. The first-order chi connectivity index (χ1) is 8.58. The van der Waals surface area contributed by atoms with Gasteiger partial charge in [-0.15, -0.1) is 0 Å². The molecule has 0 aromatic rings. The van der Waals surface area contributed by atoms with Crippen LogP contribution < -0.4 is 5.73 Å². The predicted octanol–water partition coefficient (Wildman–Crippen LogP) is 2.93. The molecule has 106 valence electrons. The van der Waals surface area contributed by atoms with Crippen molar-refractivity contribution in [2.75, 3.05) is 13.1 Å². The first kappa shape index (κ1) is 15.5. The van der Waals surface area contributed by atoms with Crippen LogP contribution in [0, 0.1) is 5.41 Å². The van der Waals surface area contributed by atoms with Crippen LogP contribution in [0.1, 0.15) is 65.7 Å². The molecule has 0 unspecified atom stereocenters. The molecule has 0 aliphatic carbocycles. The van der Waals surface area contributed by atoms with Crippen LogP contribution in [0.25, 0.3) is 0 Å². The second-order valence-electron chi connectivity index (χ2n) is 5.78. The zero-order valence-electron chi connectivity index (χ0n) is 12.4. The topological polar surface area (TPSA) is 46.3 Å². The lowest BCUT2D eigenvalue weighted by Crippen LogP contribution is -2.49. The van der Waals surface area contributed by atoms with Crippen LogP contribution in [0.4, 0.5) is 0 Å². The van der Waals surface area contributed by atoms with Gasteiger partial charge in [-0.2, -0.15) is 0 Å². The quantitative estimate of drug-likeness (QED) is 0.792. The number of nitrogens with two attached hydrogens (primary N) is 1. The summed E-state index contributed by atoms with van der Waals surface area (Å²) < 4.78 is 0. The minimum Gasteiger partial charge on any atom is -0.341 e. The van der Waals surface area contributed by atoms with E-state index in [0.717, 1.165) is 45.2 Å². The molecule has 1 aliphatic rings. The fourth-order valence-corrected chi connectivity index (χ4v) is 2.94. The molecule has 0 radical (unpaired) electrons. The molecule has 3 nitrogen and oxygen atoms in total. The molecule has 0 saturated carbocycles. The van der Waals surface area contributed by atoms with Crippen molar-refractivity contribution in [3.8, 4) is 0 Å². The highest BCUT2D eigenvalue weighted by molar-refractivity contribution is 5.81. The second-order valence-corrected chi connectivity index (χ2v) is 5.78. The predicted molar refractivity (Wildman–Crippen MR) is 76.3 cm³/mol. The molecule has 1 rings (SSSR count). The summed E-state index contributed by atoms with van der Waals surface area (Å²) in [7, 11) is 0. The van der Waals surface area contributed by atoms with Gasteiger partial charge in [-0.1, -0.05) is 46.5 Å². The highest BCUT2D eigenvalue weighted by atomic mass is 16.2. The Hall–Kier alpha value is -0.570. The van der Waals surface area contributed by atoms with E-state index < -0.39 is 0 Å². The normalized spacial score (nSPS) is 20.8. The Balaban J connectivity index is 2.44. The average molecular weight is 254 g/mol. The maximum atomic E-state index is 12.2. The number of piperidine rings is 1. The second kappa shape index (κ2) is 7.13. The van der Waals surface area contributed by atoms with Crippen molar-refractivity contribution < 1.29 is 4.79 Å². The van der Waals surface area contributed by atoms with Crippen LogP contribution in [-0.2, 0) is 4.79 Å². The number of carbonyl (C=O) groups excluding carboxylic acids is 1. The number of unbranched alkanes of at least 4 members (excludes halogenated alkanes) is 1.